The van der Waals surface area contributed by atoms with Crippen LogP contribution in [0, 0.1) is 0 Å². The van der Waals surface area contributed by atoms with Gasteiger partial charge in [-0.25, -0.2) is 25.3 Å². The van der Waals surface area contributed by atoms with Crippen LogP contribution in [0.25, 0.3) is 0 Å². The Bertz CT molecular complexity index is 974. The molecule has 6 unspecified atom stereocenters. The molecule has 0 spiro atoms. The highest BCUT2D eigenvalue weighted by molar-refractivity contribution is 7.91. The smallest absolute Gasteiger partial charge is 0.207 e. The van der Waals surface area contributed by atoms with Crippen molar-refractivity contribution in [3.8, 4) is 0 Å². The summed E-state index contributed by atoms with van der Waals surface area (Å²) in [5, 5.41) is 0. The standard InChI is InChI=1S/C15H21N3O6S3/c1-10-7-16(10)25(19,20)13-4-14(26(21,22)17-8-11(17)2)6-15(5-13)27(23,24)18-9-12(18)3/h4-6,10-12H,7-9H2,1-3H3. The molecule has 3 saturated heterocycles. The van der Waals surface area contributed by atoms with E-state index in [2.05, 4.69) is 0 Å². The largest absolute Gasteiger partial charge is 0.243 e. The number of hydrogen-bond acceptors (Lipinski definition) is 6. The Hall–Kier alpha value is -1.05. The lowest BCUT2D eigenvalue weighted by atomic mass is 10.4. The van der Waals surface area contributed by atoms with Crippen LogP contribution in [0.15, 0.2) is 32.9 Å². The fourth-order valence-electron chi connectivity index (χ4n) is 3.04. The highest BCUT2D eigenvalue weighted by Gasteiger charge is 2.46. The molecule has 0 amide bonds. The molecule has 3 heterocycles. The van der Waals surface area contributed by atoms with Gasteiger partial charge in [0.25, 0.3) is 0 Å². The Morgan fingerprint density at radius 2 is 0.778 bits per heavy atom. The second-order valence-corrected chi connectivity index (χ2v) is 13.1. The molecule has 1 aromatic carbocycles. The minimum atomic E-state index is -3.95. The van der Waals surface area contributed by atoms with Gasteiger partial charge in [-0.05, 0) is 39.0 Å². The maximum Gasteiger partial charge on any atom is 0.243 e. The zero-order valence-corrected chi connectivity index (χ0v) is 17.6. The van der Waals surface area contributed by atoms with Crippen molar-refractivity contribution in [1.82, 2.24) is 12.9 Å². The molecule has 0 radical (unpaired) electrons. The number of hydrogen-bond donors (Lipinski definition) is 0. The van der Waals surface area contributed by atoms with E-state index in [-0.39, 0.29) is 32.8 Å². The predicted molar refractivity (Wildman–Crippen MR) is 96.5 cm³/mol. The van der Waals surface area contributed by atoms with E-state index in [1.54, 1.807) is 20.8 Å². The summed E-state index contributed by atoms with van der Waals surface area (Å²) < 4.78 is 80.2. The predicted octanol–water partition coefficient (Wildman–Crippen LogP) is -0.135. The van der Waals surface area contributed by atoms with Crippen molar-refractivity contribution >= 4 is 30.1 Å². The normalized spacial score (nSPS) is 35.7. The fraction of sp³-hybridized carbons (Fsp3) is 0.600. The van der Waals surface area contributed by atoms with Crippen LogP contribution in [0.2, 0.25) is 0 Å². The van der Waals surface area contributed by atoms with Crippen molar-refractivity contribution in [3.63, 3.8) is 0 Å². The molecule has 150 valence electrons. The molecule has 6 atom stereocenters. The maximum atomic E-state index is 12.8. The van der Waals surface area contributed by atoms with E-state index in [9.17, 15) is 25.3 Å². The fourth-order valence-corrected chi connectivity index (χ4v) is 8.39. The third kappa shape index (κ3) is 3.12. The van der Waals surface area contributed by atoms with Gasteiger partial charge in [0.1, 0.15) is 0 Å². The summed E-state index contributed by atoms with van der Waals surface area (Å²) in [6.45, 7) is 6.16. The second-order valence-electron chi connectivity index (χ2n) is 7.41. The van der Waals surface area contributed by atoms with Crippen molar-refractivity contribution in [2.45, 2.75) is 53.6 Å². The first-order valence-corrected chi connectivity index (χ1v) is 12.9. The molecule has 27 heavy (non-hydrogen) atoms. The summed E-state index contributed by atoms with van der Waals surface area (Å²) in [7, 11) is -11.9. The molecule has 3 aliphatic rings. The lowest BCUT2D eigenvalue weighted by Gasteiger charge is -2.13. The van der Waals surface area contributed by atoms with Crippen molar-refractivity contribution < 1.29 is 25.3 Å². The van der Waals surface area contributed by atoms with Crippen LogP contribution in [0.5, 0.6) is 0 Å². The SMILES string of the molecule is CC1CN1S(=O)(=O)c1cc(S(=O)(=O)N2CC2C)cc(S(=O)(=O)N2CC2C)c1. The number of sulfonamides is 3. The Balaban J connectivity index is 1.87. The topological polar surface area (TPSA) is 111 Å². The Morgan fingerprint density at radius 1 is 0.593 bits per heavy atom. The summed E-state index contributed by atoms with van der Waals surface area (Å²) in [6, 6.07) is 2.63. The summed E-state index contributed by atoms with van der Waals surface area (Å²) in [6.07, 6.45) is 0. The number of nitrogens with zero attached hydrogens (tertiary/aromatic N) is 3. The highest BCUT2D eigenvalue weighted by Crippen LogP contribution is 2.36. The van der Waals surface area contributed by atoms with Crippen LogP contribution in [-0.4, -0.2) is 75.9 Å². The van der Waals surface area contributed by atoms with Crippen LogP contribution in [-0.2, 0) is 30.1 Å². The first kappa shape index (κ1) is 19.3. The Labute approximate surface area is 159 Å². The van der Waals surface area contributed by atoms with E-state index in [1.807, 2.05) is 0 Å². The maximum absolute atomic E-state index is 12.8. The first-order valence-electron chi connectivity index (χ1n) is 8.57. The van der Waals surface area contributed by atoms with E-state index < -0.39 is 30.1 Å². The lowest BCUT2D eigenvalue weighted by Crippen LogP contribution is -2.20. The van der Waals surface area contributed by atoms with Gasteiger partial charge in [-0.1, -0.05) is 0 Å². The highest BCUT2D eigenvalue weighted by atomic mass is 32.2. The summed E-state index contributed by atoms with van der Waals surface area (Å²) in [5.41, 5.74) is 0. The van der Waals surface area contributed by atoms with Crippen LogP contribution < -0.4 is 0 Å². The van der Waals surface area contributed by atoms with Gasteiger partial charge < -0.3 is 0 Å². The minimum Gasteiger partial charge on any atom is -0.207 e. The van der Waals surface area contributed by atoms with Crippen molar-refractivity contribution in [2.75, 3.05) is 19.6 Å². The molecule has 12 heteroatoms. The molecule has 4 rings (SSSR count). The second kappa shape index (κ2) is 5.74. The van der Waals surface area contributed by atoms with Crippen molar-refractivity contribution in [3.05, 3.63) is 18.2 Å². The van der Waals surface area contributed by atoms with Crippen LogP contribution in [0.4, 0.5) is 0 Å². The van der Waals surface area contributed by atoms with Crippen molar-refractivity contribution in [2.24, 2.45) is 0 Å². The van der Waals surface area contributed by atoms with E-state index in [4.69, 9.17) is 0 Å². The lowest BCUT2D eigenvalue weighted by molar-refractivity contribution is 0.549. The molecule has 0 aromatic heterocycles. The van der Waals surface area contributed by atoms with Gasteiger partial charge in [-0.2, -0.15) is 12.9 Å². The van der Waals surface area contributed by atoms with E-state index in [0.717, 1.165) is 18.2 Å². The van der Waals surface area contributed by atoms with Gasteiger partial charge >= 0.3 is 0 Å². The average molecular weight is 436 g/mol. The molecule has 0 aliphatic carbocycles. The van der Waals surface area contributed by atoms with E-state index in [0.29, 0.717) is 19.6 Å². The Kier molecular flexibility index (Phi) is 4.09. The quantitative estimate of drug-likeness (QED) is 0.575. The molecular weight excluding hydrogens is 414 g/mol. The molecular formula is C15H21N3O6S3. The number of benzene rings is 1. The van der Waals surface area contributed by atoms with Crippen LogP contribution in [0.1, 0.15) is 20.8 Å². The summed E-state index contributed by atoms with van der Waals surface area (Å²) in [4.78, 5) is -0.929. The summed E-state index contributed by atoms with van der Waals surface area (Å²) >= 11 is 0. The zero-order chi connectivity index (χ0) is 19.9. The molecule has 0 N–H and O–H groups in total. The van der Waals surface area contributed by atoms with Crippen molar-refractivity contribution in [1.29, 1.82) is 0 Å². The van der Waals surface area contributed by atoms with Gasteiger partial charge in [0.2, 0.25) is 30.1 Å². The van der Waals surface area contributed by atoms with Gasteiger partial charge in [0, 0.05) is 37.8 Å². The molecule has 0 saturated carbocycles. The third-order valence-electron chi connectivity index (χ3n) is 5.08. The van der Waals surface area contributed by atoms with E-state index >= 15 is 0 Å². The number of rotatable bonds is 6. The van der Waals surface area contributed by atoms with Gasteiger partial charge in [-0.15, -0.1) is 0 Å². The molecule has 9 nitrogen and oxygen atoms in total. The monoisotopic (exact) mass is 435 g/mol. The molecule has 3 aliphatic heterocycles. The minimum absolute atomic E-state index is 0.185. The first-order chi connectivity index (χ1) is 12.4. The van der Waals surface area contributed by atoms with Crippen LogP contribution in [0.3, 0.4) is 0 Å². The zero-order valence-electron chi connectivity index (χ0n) is 15.1. The van der Waals surface area contributed by atoms with Gasteiger partial charge in [-0.3, -0.25) is 0 Å². The average Bonchev–Trinajstić information content (AvgIpc) is 3.47. The Morgan fingerprint density at radius 3 is 0.926 bits per heavy atom. The van der Waals surface area contributed by atoms with E-state index in [1.165, 1.54) is 12.9 Å². The molecule has 3 fully saturated rings. The van der Waals surface area contributed by atoms with Gasteiger partial charge in [0.15, 0.2) is 0 Å². The molecule has 0 bridgehead atoms. The summed E-state index contributed by atoms with van der Waals surface area (Å²) in [5.74, 6) is 0. The van der Waals surface area contributed by atoms with Gasteiger partial charge in [0.05, 0.1) is 14.7 Å². The third-order valence-corrected chi connectivity index (χ3v) is 11.0. The molecule has 1 aromatic rings. The van der Waals surface area contributed by atoms with Crippen LogP contribution >= 0.6 is 0 Å².